The molecule has 0 aliphatic rings. The number of rotatable bonds is 0. The Bertz CT molecular complexity index is 101. The molecule has 0 amide bonds. The summed E-state index contributed by atoms with van der Waals surface area (Å²) in [6, 6.07) is 0. The summed E-state index contributed by atoms with van der Waals surface area (Å²) in [5.41, 5.74) is 0. The zero-order valence-corrected chi connectivity index (χ0v) is 13.9. The molecule has 0 aromatic heterocycles. The van der Waals surface area contributed by atoms with E-state index < -0.39 is 10.4 Å². The van der Waals surface area contributed by atoms with E-state index in [1.165, 1.54) is 0 Å². The fourth-order valence-corrected chi connectivity index (χ4v) is 0. The first-order chi connectivity index (χ1) is 3.00. The van der Waals surface area contributed by atoms with Gasteiger partial charge in [0.2, 0.25) is 0 Å². The summed E-state index contributed by atoms with van der Waals surface area (Å²) in [5, 5.41) is 12.0. The van der Waals surface area contributed by atoms with E-state index in [9.17, 15) is 0 Å². The summed E-state index contributed by atoms with van der Waals surface area (Å²) in [4.78, 5) is 0. The van der Waals surface area contributed by atoms with E-state index in [0.29, 0.717) is 0 Å². The molecule has 0 heterocycles. The van der Waals surface area contributed by atoms with Crippen molar-refractivity contribution in [3.05, 3.63) is 0 Å². The second kappa shape index (κ2) is 23.2. The average Bonchev–Trinajstić information content (AvgIpc) is 1.36. The molecule has 0 aromatic carbocycles. The predicted molar refractivity (Wildman–Crippen MR) is 15.7 cm³/mol. The molecule has 11 heavy (non-hydrogen) atoms. The molecule has 0 saturated heterocycles. The molecule has 11 heteroatoms. The number of halogens is 1. The maximum absolute atomic E-state index is 8.52. The summed E-state index contributed by atoms with van der Waals surface area (Å²) in [7, 11) is -5.17. The van der Waals surface area contributed by atoms with Crippen molar-refractivity contribution < 1.29 is 129 Å². The quantitative estimate of drug-likeness (QED) is 0.141. The number of hydrogen-bond acceptors (Lipinski definition) is 6. The average molecular weight is 235 g/mol. The molecule has 0 unspecified atom stereocenters. The SMILES string of the molecule is O=S(=O)([O-])[O-].OO.[Cl-].[Na+].[Na+].[Na+]. The van der Waals surface area contributed by atoms with Crippen LogP contribution in [0.2, 0.25) is 0 Å². The Hall–Kier alpha value is 3.08. The van der Waals surface area contributed by atoms with Crippen molar-refractivity contribution in [2.24, 2.45) is 0 Å². The monoisotopic (exact) mass is 234 g/mol. The van der Waals surface area contributed by atoms with Gasteiger partial charge in [-0.3, -0.25) is 18.9 Å². The van der Waals surface area contributed by atoms with Crippen molar-refractivity contribution in [1.82, 2.24) is 0 Å². The standard InChI is InChI=1S/ClH.3Na.H2O4S.H2O2/c;;;;1-5(2,3)4;1-2/h1H;;;;(H2,1,2,3,4);1-2H/q;3*+1;;/p-3. The zero-order chi connectivity index (χ0) is 6.50. The molecular weight excluding hydrogens is 232 g/mol. The maximum atomic E-state index is 8.52. The van der Waals surface area contributed by atoms with Gasteiger partial charge in [0.25, 0.3) is 0 Å². The normalized spacial score (nSPS) is 5.82. The van der Waals surface area contributed by atoms with Gasteiger partial charge in [-0.25, -0.2) is 0 Å². The van der Waals surface area contributed by atoms with Crippen LogP contribution in [0.1, 0.15) is 0 Å². The molecule has 6 nitrogen and oxygen atoms in total. The van der Waals surface area contributed by atoms with E-state index in [0.717, 1.165) is 0 Å². The van der Waals surface area contributed by atoms with Crippen LogP contribution < -0.4 is 101 Å². The van der Waals surface area contributed by atoms with Crippen LogP contribution in [-0.2, 0) is 10.4 Å². The first-order valence-electron chi connectivity index (χ1n) is 0.867. The third-order valence-corrected chi connectivity index (χ3v) is 0. The Labute approximate surface area is 137 Å². The largest absolute Gasteiger partial charge is 1.00 e. The van der Waals surface area contributed by atoms with Gasteiger partial charge < -0.3 is 21.5 Å². The Morgan fingerprint density at radius 1 is 0.909 bits per heavy atom. The summed E-state index contributed by atoms with van der Waals surface area (Å²) in [6.45, 7) is 0. The molecule has 0 aliphatic heterocycles. The Kier molecular flexibility index (Phi) is 77.7. The van der Waals surface area contributed by atoms with Crippen molar-refractivity contribution in [2.45, 2.75) is 0 Å². The van der Waals surface area contributed by atoms with E-state index >= 15 is 0 Å². The van der Waals surface area contributed by atoms with Gasteiger partial charge in [-0.05, 0) is 0 Å². The van der Waals surface area contributed by atoms with Crippen LogP contribution in [0.5, 0.6) is 0 Å². The molecule has 0 spiro atoms. The summed E-state index contributed by atoms with van der Waals surface area (Å²) in [6.07, 6.45) is 0. The van der Waals surface area contributed by atoms with Crippen LogP contribution in [0.4, 0.5) is 0 Å². The van der Waals surface area contributed by atoms with Crippen LogP contribution in [0.25, 0.3) is 0 Å². The molecule has 0 atom stereocenters. The second-order valence-corrected chi connectivity index (χ2v) is 1.22. The van der Waals surface area contributed by atoms with E-state index in [-0.39, 0.29) is 101 Å². The third-order valence-electron chi connectivity index (χ3n) is 0. The van der Waals surface area contributed by atoms with Gasteiger partial charge in [0.15, 0.2) is 0 Å². The maximum Gasteiger partial charge on any atom is 1.00 e. The molecule has 0 fully saturated rings. The Morgan fingerprint density at radius 2 is 0.909 bits per heavy atom. The van der Waals surface area contributed by atoms with Gasteiger partial charge >= 0.3 is 88.7 Å². The number of hydrogen-bond donors (Lipinski definition) is 2. The van der Waals surface area contributed by atoms with Crippen molar-refractivity contribution in [3.63, 3.8) is 0 Å². The van der Waals surface area contributed by atoms with Crippen LogP contribution in [0.3, 0.4) is 0 Å². The smallest absolute Gasteiger partial charge is 1.00 e. The minimum absolute atomic E-state index is 0. The van der Waals surface area contributed by atoms with Crippen LogP contribution in [0.15, 0.2) is 0 Å². The van der Waals surface area contributed by atoms with Crippen molar-refractivity contribution in [1.29, 1.82) is 0 Å². The van der Waals surface area contributed by atoms with Gasteiger partial charge in [-0.1, -0.05) is 0 Å². The predicted octanol–water partition coefficient (Wildman–Crippen LogP) is -13.3. The minimum atomic E-state index is -5.17. The second-order valence-electron chi connectivity index (χ2n) is 0.408. The summed E-state index contributed by atoms with van der Waals surface area (Å²) >= 11 is 0. The van der Waals surface area contributed by atoms with E-state index in [1.807, 2.05) is 0 Å². The van der Waals surface area contributed by atoms with Crippen LogP contribution >= 0.6 is 0 Å². The summed E-state index contributed by atoms with van der Waals surface area (Å²) < 4.78 is 34.1. The van der Waals surface area contributed by atoms with Crippen molar-refractivity contribution in [2.75, 3.05) is 0 Å². The molecule has 54 valence electrons. The van der Waals surface area contributed by atoms with E-state index in [4.69, 9.17) is 28.0 Å². The molecule has 0 rings (SSSR count). The first kappa shape index (κ1) is 36.9. The molecule has 0 aliphatic carbocycles. The molecule has 0 bridgehead atoms. The topological polar surface area (TPSA) is 121 Å². The van der Waals surface area contributed by atoms with Gasteiger partial charge in [-0.2, -0.15) is 0 Å². The summed E-state index contributed by atoms with van der Waals surface area (Å²) in [5.74, 6) is 0. The minimum Gasteiger partial charge on any atom is -1.00 e. The molecule has 0 aromatic rings. The third kappa shape index (κ3) is 169. The van der Waals surface area contributed by atoms with Gasteiger partial charge in [0.05, 0.1) is 0 Å². The first-order valence-corrected chi connectivity index (χ1v) is 2.20. The van der Waals surface area contributed by atoms with E-state index in [1.54, 1.807) is 0 Å². The van der Waals surface area contributed by atoms with E-state index in [2.05, 4.69) is 0 Å². The fraction of sp³-hybridized carbons (Fsp3) is 0. The van der Waals surface area contributed by atoms with Gasteiger partial charge in [0, 0.05) is 10.4 Å². The molecule has 0 radical (unpaired) electrons. The van der Waals surface area contributed by atoms with Crippen molar-refractivity contribution >= 4 is 10.4 Å². The fourth-order valence-electron chi connectivity index (χ4n) is 0. The van der Waals surface area contributed by atoms with Crippen LogP contribution in [0, 0.1) is 0 Å². The Balaban J connectivity index is -0.00000000972. The van der Waals surface area contributed by atoms with Crippen molar-refractivity contribution in [3.8, 4) is 0 Å². The zero-order valence-electron chi connectivity index (χ0n) is 6.31. The Morgan fingerprint density at radius 3 is 0.909 bits per heavy atom. The van der Waals surface area contributed by atoms with Gasteiger partial charge in [0.1, 0.15) is 0 Å². The molecule has 2 N–H and O–H groups in total. The molecule has 0 saturated carbocycles. The molecular formula is H2ClNa3O6S. The van der Waals surface area contributed by atoms with Crippen LogP contribution in [-0.4, -0.2) is 28.0 Å². The van der Waals surface area contributed by atoms with Gasteiger partial charge in [-0.15, -0.1) is 0 Å².